The van der Waals surface area contributed by atoms with Gasteiger partial charge >= 0.3 is 228 Å². The summed E-state index contributed by atoms with van der Waals surface area (Å²) in [6, 6.07) is 21.2. The first-order valence-corrected chi connectivity index (χ1v) is 28.2. The minimum atomic E-state index is -5.45. The van der Waals surface area contributed by atoms with Gasteiger partial charge in [0.05, 0.1) is 61.4 Å². The Morgan fingerprint density at radius 3 is 1.04 bits per heavy atom. The van der Waals surface area contributed by atoms with Gasteiger partial charge in [0, 0.05) is 0 Å². The van der Waals surface area contributed by atoms with Crippen molar-refractivity contribution >= 4 is 161 Å². The third-order valence-corrected chi connectivity index (χ3v) is 14.5. The summed E-state index contributed by atoms with van der Waals surface area (Å²) in [5.74, 6) is 0. The van der Waals surface area contributed by atoms with Crippen molar-refractivity contribution in [2.45, 2.75) is 38.3 Å². The molecule has 29 nitrogen and oxygen atoms in total. The molecule has 0 unspecified atom stereocenters. The van der Waals surface area contributed by atoms with Crippen molar-refractivity contribution in [3.05, 3.63) is 90.0 Å². The minimum absolute atomic E-state index is 0. The van der Waals surface area contributed by atoms with Crippen LogP contribution in [-0.4, -0.2) is 110 Å². The maximum atomic E-state index is 12.4. The van der Waals surface area contributed by atoms with Crippen molar-refractivity contribution in [2.24, 2.45) is 0 Å². The molecule has 4 heterocycles. The SMILES string of the molecule is Cc1cc2c(c(S(=O)(=O)[O-])c1)Nc1c(c(S(=O)(=O)[O-])c3nc4cc[c-]cc4nc3c1S(=O)(=O)[O-])N2.Cc1ccc2c(c1)Nc1c(c(S(=O)(=O)[O-])c3nc4c[c-]ccc4nc3c1S(=O)(=O)[O-])N2.O=S(=O)=O.O=S(=O)=O.[Na+].[Na+].[Na+].[Na+].[Na+].[Na+].[Na+]. The standard InChI is InChI=1S/C19H13N4O9S3.C19H13N4O6S2.7Na.2O3S/c1-8-6-11-13(12(7-8)33(24,25)26)23-17-16(22-11)18(34(27,28)29)14-15(19(17)35(30,31)32)21-10-5-3-2-4-9(10)20-14;1-9-6-7-12-13(8-9)23-17-16(22-12)18(30(24,25)26)14-15(19(17)31(27,28)29)21-11-5-3-2-4-10(11)20-14;;;;;;;;2*1-4(2)3/h2,4-7,22-23H,1H3,(H,24,25,26)(H,27,28,29)(H,30,31,32);3-8,22-23H,1H3,(H,24,25,26)(H,27,28,29);;;;;;;;;/q2*-1;7*+1;;/p-5. The summed E-state index contributed by atoms with van der Waals surface area (Å²) in [6.45, 7) is 3.24. The van der Waals surface area contributed by atoms with Crippen molar-refractivity contribution in [1.82, 2.24) is 19.9 Å². The Morgan fingerprint density at radius 1 is 0.383 bits per heavy atom. The first kappa shape index (κ1) is 80.5. The molecule has 0 radical (unpaired) electrons. The van der Waals surface area contributed by atoms with Gasteiger partial charge in [-0.25, -0.2) is 42.1 Å². The van der Waals surface area contributed by atoms with Crippen molar-refractivity contribution in [2.75, 3.05) is 21.3 Å². The molecule has 2 aromatic heterocycles. The Morgan fingerprint density at radius 2 is 0.691 bits per heavy atom. The van der Waals surface area contributed by atoms with E-state index >= 15 is 0 Å². The second-order valence-electron chi connectivity index (χ2n) is 14.9. The fourth-order valence-corrected chi connectivity index (χ4v) is 11.3. The zero-order valence-electron chi connectivity index (χ0n) is 43.1. The van der Waals surface area contributed by atoms with Gasteiger partial charge < -0.3 is 54.0 Å². The fraction of sp³-hybridized carbons (Fsp3) is 0.0526. The van der Waals surface area contributed by atoms with E-state index in [9.17, 15) is 64.9 Å². The minimum Gasteiger partial charge on any atom is -0.744 e. The molecular formula is C38H21N8Na7O21S7. The normalized spacial score (nSPS) is 11.6. The average molecular weight is 1310 g/mol. The van der Waals surface area contributed by atoms with Gasteiger partial charge in [0.2, 0.25) is 0 Å². The van der Waals surface area contributed by atoms with Crippen LogP contribution < -0.4 is 228 Å². The van der Waals surface area contributed by atoms with Crippen LogP contribution in [-0.2, 0) is 71.8 Å². The summed E-state index contributed by atoms with van der Waals surface area (Å²) in [6.07, 6.45) is 0. The van der Waals surface area contributed by atoms with Crippen LogP contribution >= 0.6 is 0 Å². The van der Waals surface area contributed by atoms with Gasteiger partial charge in [0.15, 0.2) is 0 Å². The number of aromatic nitrogens is 4. The molecule has 388 valence electrons. The molecule has 0 bridgehead atoms. The quantitative estimate of drug-likeness (QED) is 0.0538. The molecule has 0 amide bonds. The number of nitrogens with one attached hydrogen (secondary N) is 4. The largest absolute Gasteiger partial charge is 1.00 e. The second kappa shape index (κ2) is 31.1. The molecule has 2 aliphatic rings. The first-order chi connectivity index (χ1) is 34.2. The number of hydrogen-bond donors (Lipinski definition) is 4. The molecule has 2 aliphatic heterocycles. The molecule has 0 aliphatic carbocycles. The molecule has 0 atom stereocenters. The Bertz CT molecular complexity index is 4620. The Kier molecular flexibility index (Phi) is 30.9. The van der Waals surface area contributed by atoms with Gasteiger partial charge in [-0.15, -0.1) is 49.5 Å². The molecule has 81 heavy (non-hydrogen) atoms. The van der Waals surface area contributed by atoms with Gasteiger partial charge in [-0.2, -0.15) is 24.3 Å². The summed E-state index contributed by atoms with van der Waals surface area (Å²) < 4.78 is 234. The fourth-order valence-electron chi connectivity index (χ4n) is 7.48. The van der Waals surface area contributed by atoms with Gasteiger partial charge in [-0.3, -0.25) is 9.97 Å². The van der Waals surface area contributed by atoms with Crippen LogP contribution in [0.25, 0.3) is 44.1 Å². The molecule has 10 rings (SSSR count). The van der Waals surface area contributed by atoms with E-state index in [1.165, 1.54) is 49.4 Å². The predicted octanol–water partition coefficient (Wildman–Crippen LogP) is -19.1. The number of aryl methyl sites for hydroxylation is 2. The number of rotatable bonds is 5. The number of hydrogen-bond acceptors (Lipinski definition) is 29. The smallest absolute Gasteiger partial charge is 0.744 e. The summed E-state index contributed by atoms with van der Waals surface area (Å²) >= 11 is 0. The number of fused-ring (bicyclic) bond motifs is 8. The maximum absolute atomic E-state index is 12.4. The predicted molar refractivity (Wildman–Crippen MR) is 246 cm³/mol. The van der Waals surface area contributed by atoms with Crippen molar-refractivity contribution < 1.29 is 297 Å². The molecule has 0 saturated carbocycles. The zero-order chi connectivity index (χ0) is 54.8. The molecule has 6 aromatic carbocycles. The van der Waals surface area contributed by atoms with E-state index in [1.54, 1.807) is 25.1 Å². The molecular weight excluding hydrogens is 1290 g/mol. The number of nitrogens with zero attached hydrogens (tertiary/aromatic N) is 4. The molecule has 4 N–H and O–H groups in total. The van der Waals surface area contributed by atoms with E-state index in [0.29, 0.717) is 11.4 Å². The van der Waals surface area contributed by atoms with Gasteiger partial charge in [0.25, 0.3) is 0 Å². The van der Waals surface area contributed by atoms with Gasteiger partial charge in [-0.05, 0) is 71.3 Å². The van der Waals surface area contributed by atoms with Crippen LogP contribution in [0.15, 0.2) is 91.2 Å². The van der Waals surface area contributed by atoms with Crippen LogP contribution in [0.4, 0.5) is 45.5 Å². The first-order valence-electron chi connectivity index (χ1n) is 19.2. The van der Waals surface area contributed by atoms with Crippen LogP contribution in [0, 0.1) is 26.0 Å². The van der Waals surface area contributed by atoms with E-state index < -0.39 is 135 Å². The third-order valence-electron chi connectivity index (χ3n) is 10.0. The zero-order valence-corrected chi connectivity index (χ0v) is 62.8. The van der Waals surface area contributed by atoms with Crippen LogP contribution in [0.5, 0.6) is 0 Å². The van der Waals surface area contributed by atoms with E-state index in [1.807, 2.05) is 0 Å². The van der Waals surface area contributed by atoms with Crippen molar-refractivity contribution in [3.8, 4) is 0 Å². The summed E-state index contributed by atoms with van der Waals surface area (Å²) in [7, 11) is -32.5. The molecule has 0 spiro atoms. The van der Waals surface area contributed by atoms with Crippen molar-refractivity contribution in [3.63, 3.8) is 0 Å². The van der Waals surface area contributed by atoms with Crippen molar-refractivity contribution in [1.29, 1.82) is 0 Å². The number of benzene rings is 6. The Labute approximate surface area is 617 Å². The molecule has 43 heteroatoms. The Balaban J connectivity index is 0.00000130. The Hall–Kier alpha value is -0.490. The third kappa shape index (κ3) is 18.5. The maximum Gasteiger partial charge on any atom is 1.00 e. The van der Waals surface area contributed by atoms with Crippen LogP contribution in [0.1, 0.15) is 11.1 Å². The van der Waals surface area contributed by atoms with E-state index in [4.69, 9.17) is 25.3 Å². The van der Waals surface area contributed by atoms with E-state index in [2.05, 4.69) is 53.3 Å². The molecule has 0 fully saturated rings. The second-order valence-corrected chi connectivity index (χ2v) is 22.3. The summed E-state index contributed by atoms with van der Waals surface area (Å²) in [5.41, 5.74) is -2.87. The monoisotopic (exact) mass is 1310 g/mol. The molecule has 8 aromatic rings. The van der Waals surface area contributed by atoms with Gasteiger partial charge in [-0.1, -0.05) is 6.07 Å². The van der Waals surface area contributed by atoms with Crippen LogP contribution in [0.3, 0.4) is 0 Å². The number of anilines is 8. The molecule has 0 saturated heterocycles. The van der Waals surface area contributed by atoms with E-state index in [0.717, 1.165) is 11.6 Å². The van der Waals surface area contributed by atoms with Gasteiger partial charge in [0.1, 0.15) is 81.2 Å². The van der Waals surface area contributed by atoms with Crippen LogP contribution in [0.2, 0.25) is 0 Å². The summed E-state index contributed by atoms with van der Waals surface area (Å²) in [5, 5.41) is 10.4. The average Bonchev–Trinajstić information content (AvgIpc) is 3.25. The topological polar surface area (TPSA) is 488 Å². The van der Waals surface area contributed by atoms with E-state index in [-0.39, 0.29) is 252 Å². The summed E-state index contributed by atoms with van der Waals surface area (Å²) in [4.78, 5) is 11.9.